The normalized spacial score (nSPS) is 25.9. The molecule has 1 rings (SSSR count). The molecular weight excluding hydrogens is 204 g/mol. The van der Waals surface area contributed by atoms with Crippen LogP contribution in [0.15, 0.2) is 0 Å². The minimum atomic E-state index is -0.398. The van der Waals surface area contributed by atoms with Crippen molar-refractivity contribution in [1.82, 2.24) is 4.90 Å². The fourth-order valence-corrected chi connectivity index (χ4v) is 2.15. The van der Waals surface area contributed by atoms with Gasteiger partial charge in [0.15, 0.2) is 0 Å². The fourth-order valence-electron chi connectivity index (χ4n) is 2.15. The average molecular weight is 226 g/mol. The lowest BCUT2D eigenvalue weighted by Gasteiger charge is -2.26. The highest BCUT2D eigenvalue weighted by atomic mass is 16.2. The van der Waals surface area contributed by atoms with E-state index in [0.717, 1.165) is 0 Å². The third-order valence-corrected chi connectivity index (χ3v) is 2.84. The number of nitrogens with two attached hydrogens (primary N) is 1. The summed E-state index contributed by atoms with van der Waals surface area (Å²) in [6.07, 6.45) is 1.16. The summed E-state index contributed by atoms with van der Waals surface area (Å²) >= 11 is 0. The second-order valence-corrected chi connectivity index (χ2v) is 6.04. The molecule has 0 aliphatic carbocycles. The summed E-state index contributed by atoms with van der Waals surface area (Å²) in [6.45, 7) is 8.75. The maximum atomic E-state index is 12.0. The van der Waals surface area contributed by atoms with E-state index in [4.69, 9.17) is 5.73 Å². The van der Waals surface area contributed by atoms with Gasteiger partial charge in [-0.3, -0.25) is 9.59 Å². The van der Waals surface area contributed by atoms with E-state index in [9.17, 15) is 9.59 Å². The first-order valence-corrected chi connectivity index (χ1v) is 5.79. The first-order valence-electron chi connectivity index (χ1n) is 5.79. The van der Waals surface area contributed by atoms with Crippen LogP contribution in [0.25, 0.3) is 0 Å². The van der Waals surface area contributed by atoms with Gasteiger partial charge in [-0.25, -0.2) is 0 Å². The molecule has 0 spiro atoms. The Labute approximate surface area is 97.2 Å². The number of hydrogen-bond acceptors (Lipinski definition) is 2. The van der Waals surface area contributed by atoms with Crippen molar-refractivity contribution in [3.8, 4) is 0 Å². The molecule has 0 bridgehead atoms. The number of amides is 2. The molecule has 4 nitrogen and oxygen atoms in total. The van der Waals surface area contributed by atoms with Crippen molar-refractivity contribution in [1.29, 1.82) is 0 Å². The summed E-state index contributed by atoms with van der Waals surface area (Å²) in [5, 5.41) is 0. The molecule has 2 amide bonds. The van der Waals surface area contributed by atoms with Crippen molar-refractivity contribution < 1.29 is 9.59 Å². The van der Waals surface area contributed by atoms with E-state index in [1.807, 2.05) is 27.7 Å². The number of nitrogens with zero attached hydrogens (tertiary/aromatic N) is 1. The summed E-state index contributed by atoms with van der Waals surface area (Å²) < 4.78 is 0. The SMILES string of the molecule is C[C@@H]1CC(C(N)=O)N(C(=O)CC(C)(C)C)C1. The van der Waals surface area contributed by atoms with Crippen LogP contribution >= 0.6 is 0 Å². The quantitative estimate of drug-likeness (QED) is 0.767. The van der Waals surface area contributed by atoms with Gasteiger partial charge in [0.05, 0.1) is 0 Å². The monoisotopic (exact) mass is 226 g/mol. The van der Waals surface area contributed by atoms with Crippen LogP contribution in [0.4, 0.5) is 0 Å². The second-order valence-electron chi connectivity index (χ2n) is 6.04. The molecule has 0 saturated carbocycles. The lowest BCUT2D eigenvalue weighted by Crippen LogP contribution is -2.44. The Hall–Kier alpha value is -1.06. The number of primary amides is 1. The molecule has 0 aromatic rings. The summed E-state index contributed by atoms with van der Waals surface area (Å²) in [5.41, 5.74) is 5.27. The van der Waals surface area contributed by atoms with Gasteiger partial charge in [0, 0.05) is 13.0 Å². The number of carbonyl (C=O) groups is 2. The minimum Gasteiger partial charge on any atom is -0.368 e. The Morgan fingerprint density at radius 2 is 1.94 bits per heavy atom. The summed E-state index contributed by atoms with van der Waals surface area (Å²) in [6, 6.07) is -0.398. The lowest BCUT2D eigenvalue weighted by atomic mass is 9.91. The Bertz CT molecular complexity index is 294. The molecule has 1 aliphatic rings. The predicted octanol–water partition coefficient (Wildman–Crippen LogP) is 1.14. The second kappa shape index (κ2) is 4.44. The van der Waals surface area contributed by atoms with Gasteiger partial charge in [-0.1, -0.05) is 27.7 Å². The third-order valence-electron chi connectivity index (χ3n) is 2.84. The molecule has 16 heavy (non-hydrogen) atoms. The summed E-state index contributed by atoms with van der Waals surface area (Å²) in [5.74, 6) is 0.0219. The molecule has 1 saturated heterocycles. The van der Waals surface area contributed by atoms with E-state index >= 15 is 0 Å². The van der Waals surface area contributed by atoms with E-state index in [1.54, 1.807) is 4.90 Å². The molecule has 4 heteroatoms. The van der Waals surface area contributed by atoms with Crippen molar-refractivity contribution in [2.24, 2.45) is 17.1 Å². The van der Waals surface area contributed by atoms with Crippen LogP contribution in [0.3, 0.4) is 0 Å². The Morgan fingerprint density at radius 1 is 1.38 bits per heavy atom. The lowest BCUT2D eigenvalue weighted by molar-refractivity contribution is -0.138. The van der Waals surface area contributed by atoms with Gasteiger partial charge in [0.2, 0.25) is 11.8 Å². The Balaban J connectivity index is 2.71. The van der Waals surface area contributed by atoms with Crippen molar-refractivity contribution in [3.63, 3.8) is 0 Å². The van der Waals surface area contributed by atoms with Crippen molar-refractivity contribution in [2.75, 3.05) is 6.54 Å². The molecule has 2 N–H and O–H groups in total. The molecule has 1 fully saturated rings. The van der Waals surface area contributed by atoms with Crippen molar-refractivity contribution in [3.05, 3.63) is 0 Å². The molecular formula is C12H22N2O2. The van der Waals surface area contributed by atoms with E-state index in [2.05, 4.69) is 0 Å². The molecule has 92 valence electrons. The van der Waals surface area contributed by atoms with Crippen LogP contribution in [-0.2, 0) is 9.59 Å². The van der Waals surface area contributed by atoms with Gasteiger partial charge >= 0.3 is 0 Å². The van der Waals surface area contributed by atoms with Crippen LogP contribution in [0.2, 0.25) is 0 Å². The first-order chi connectivity index (χ1) is 7.20. The van der Waals surface area contributed by atoms with Crippen LogP contribution in [0.5, 0.6) is 0 Å². The zero-order chi connectivity index (χ0) is 12.5. The van der Waals surface area contributed by atoms with Crippen LogP contribution in [0, 0.1) is 11.3 Å². The van der Waals surface area contributed by atoms with Gasteiger partial charge in [-0.15, -0.1) is 0 Å². The smallest absolute Gasteiger partial charge is 0.240 e. The number of rotatable bonds is 2. The fraction of sp³-hybridized carbons (Fsp3) is 0.833. The minimum absolute atomic E-state index is 0.0423. The molecule has 0 aromatic heterocycles. The topological polar surface area (TPSA) is 63.4 Å². The number of carbonyl (C=O) groups excluding carboxylic acids is 2. The molecule has 1 aliphatic heterocycles. The predicted molar refractivity (Wildman–Crippen MR) is 62.5 cm³/mol. The third kappa shape index (κ3) is 3.22. The largest absolute Gasteiger partial charge is 0.368 e. The molecule has 2 atom stereocenters. The first kappa shape index (κ1) is 13.0. The average Bonchev–Trinajstić information content (AvgIpc) is 2.44. The van der Waals surface area contributed by atoms with Gasteiger partial charge in [-0.2, -0.15) is 0 Å². The standard InChI is InChI=1S/C12H22N2O2/c1-8-5-9(11(13)16)14(7-8)10(15)6-12(2,3)4/h8-9H,5-7H2,1-4H3,(H2,13,16)/t8-,9?/m1/s1. The van der Waals surface area contributed by atoms with E-state index in [1.165, 1.54) is 0 Å². The molecule has 1 heterocycles. The van der Waals surface area contributed by atoms with E-state index in [-0.39, 0.29) is 17.2 Å². The Kier molecular flexibility index (Phi) is 3.61. The molecule has 0 aromatic carbocycles. The van der Waals surface area contributed by atoms with Crippen molar-refractivity contribution in [2.45, 2.75) is 46.6 Å². The highest BCUT2D eigenvalue weighted by molar-refractivity contribution is 5.87. The highest BCUT2D eigenvalue weighted by Gasteiger charge is 2.37. The zero-order valence-electron chi connectivity index (χ0n) is 10.6. The number of hydrogen-bond donors (Lipinski definition) is 1. The number of likely N-dealkylation sites (tertiary alicyclic amines) is 1. The van der Waals surface area contributed by atoms with Crippen molar-refractivity contribution >= 4 is 11.8 Å². The Morgan fingerprint density at radius 3 is 2.38 bits per heavy atom. The summed E-state index contributed by atoms with van der Waals surface area (Å²) in [4.78, 5) is 24.9. The molecule has 0 radical (unpaired) electrons. The van der Waals surface area contributed by atoms with E-state index in [0.29, 0.717) is 25.3 Å². The van der Waals surface area contributed by atoms with Gasteiger partial charge in [-0.05, 0) is 17.8 Å². The van der Waals surface area contributed by atoms with Crippen LogP contribution in [-0.4, -0.2) is 29.3 Å². The maximum Gasteiger partial charge on any atom is 0.240 e. The maximum absolute atomic E-state index is 12.0. The summed E-state index contributed by atoms with van der Waals surface area (Å²) in [7, 11) is 0. The highest BCUT2D eigenvalue weighted by Crippen LogP contribution is 2.27. The van der Waals surface area contributed by atoms with Crippen LogP contribution < -0.4 is 5.73 Å². The van der Waals surface area contributed by atoms with Crippen LogP contribution in [0.1, 0.15) is 40.5 Å². The van der Waals surface area contributed by atoms with Gasteiger partial charge in [0.1, 0.15) is 6.04 Å². The van der Waals surface area contributed by atoms with E-state index < -0.39 is 6.04 Å². The van der Waals surface area contributed by atoms with Gasteiger partial charge in [0.25, 0.3) is 0 Å². The van der Waals surface area contributed by atoms with Gasteiger partial charge < -0.3 is 10.6 Å². The molecule has 1 unspecified atom stereocenters. The zero-order valence-corrected chi connectivity index (χ0v) is 10.6.